The lowest BCUT2D eigenvalue weighted by Crippen LogP contribution is -2.35. The van der Waals surface area contributed by atoms with Crippen molar-refractivity contribution < 1.29 is 18.8 Å². The number of amides is 1. The van der Waals surface area contributed by atoms with Crippen molar-refractivity contribution in [1.29, 1.82) is 0 Å². The van der Waals surface area contributed by atoms with E-state index in [1.54, 1.807) is 25.5 Å². The predicted molar refractivity (Wildman–Crippen MR) is 189 cm³/mol. The van der Waals surface area contributed by atoms with Gasteiger partial charge in [-0.1, -0.05) is 26.8 Å². The molecule has 1 aliphatic rings. The van der Waals surface area contributed by atoms with Gasteiger partial charge in [0.05, 0.1) is 36.3 Å². The zero-order valence-corrected chi connectivity index (χ0v) is 29.1. The van der Waals surface area contributed by atoms with Gasteiger partial charge in [-0.25, -0.2) is 19.7 Å². The molecule has 2 aromatic carbocycles. The molecule has 4 aromatic rings. The molecule has 0 radical (unpaired) electrons. The number of aryl methyl sites for hydroxylation is 1. The summed E-state index contributed by atoms with van der Waals surface area (Å²) in [4.78, 5) is 30.2. The largest absolute Gasteiger partial charge is 0.593 e. The molecule has 1 saturated heterocycles. The van der Waals surface area contributed by atoms with Crippen LogP contribution >= 0.6 is 0 Å². The Bertz CT molecular complexity index is 1720. The number of nitrogens with one attached hydrogen (secondary N) is 3. The van der Waals surface area contributed by atoms with Crippen molar-refractivity contribution in [2.75, 3.05) is 62.1 Å². The van der Waals surface area contributed by atoms with Crippen LogP contribution in [0.2, 0.25) is 0 Å². The Morgan fingerprint density at radius 3 is 2.47 bits per heavy atom. The Hall–Kier alpha value is -3.97. The number of fused-ring (bicyclic) bond motifs is 1. The first-order valence-corrected chi connectivity index (χ1v) is 17.4. The van der Waals surface area contributed by atoms with Crippen molar-refractivity contribution in [3.8, 4) is 5.75 Å². The van der Waals surface area contributed by atoms with Crippen molar-refractivity contribution in [2.24, 2.45) is 0 Å². The Labute approximate surface area is 280 Å². The third-order valence-electron chi connectivity index (χ3n) is 8.53. The summed E-state index contributed by atoms with van der Waals surface area (Å²) in [6.07, 6.45) is 5.14. The number of nitrogens with zero attached hydrogens (tertiary/aromatic N) is 4. The Kier molecular flexibility index (Phi) is 10.9. The van der Waals surface area contributed by atoms with E-state index in [2.05, 4.69) is 57.1 Å². The van der Waals surface area contributed by atoms with E-state index in [1.165, 1.54) is 13.4 Å². The van der Waals surface area contributed by atoms with Crippen molar-refractivity contribution in [1.82, 2.24) is 19.9 Å². The molecule has 1 amide bonds. The number of ether oxygens (including phenoxy) is 2. The monoisotopic (exact) mass is 659 g/mol. The van der Waals surface area contributed by atoms with Gasteiger partial charge in [0.25, 0.3) is 5.91 Å². The number of hydrogen-bond donors (Lipinski definition) is 3. The Morgan fingerprint density at radius 2 is 1.79 bits per heavy atom. The maximum Gasteiger partial charge on any atom is 0.255 e. The fraction of sp³-hybridized carbons (Fsp3) is 0.429. The fourth-order valence-electron chi connectivity index (χ4n) is 5.77. The Morgan fingerprint density at radius 1 is 1.04 bits per heavy atom. The van der Waals surface area contributed by atoms with Crippen LogP contribution < -0.4 is 20.1 Å². The molecule has 1 fully saturated rings. The summed E-state index contributed by atoms with van der Waals surface area (Å²) in [7, 11) is 3.26. The summed E-state index contributed by atoms with van der Waals surface area (Å²) in [6.45, 7) is 11.9. The smallest absolute Gasteiger partial charge is 0.255 e. The van der Waals surface area contributed by atoms with E-state index in [9.17, 15) is 9.35 Å². The highest BCUT2D eigenvalue weighted by Gasteiger charge is 2.24. The SMILES string of the molecule is COCCN1CCC(c2ccc3ncnc(Nc4cc(C(=O)Nc5cc(C(C)(C)C)cc(N[S+](C)[O-])c5OC)ccc4C)c3n2)CC1. The zero-order chi connectivity index (χ0) is 33.7. The van der Waals surface area contributed by atoms with Crippen LogP contribution in [-0.4, -0.2) is 77.0 Å². The van der Waals surface area contributed by atoms with Crippen molar-refractivity contribution in [2.45, 2.75) is 51.9 Å². The summed E-state index contributed by atoms with van der Waals surface area (Å²) >= 11 is -1.33. The molecule has 5 rings (SSSR count). The van der Waals surface area contributed by atoms with Crippen LogP contribution in [0.4, 0.5) is 22.9 Å². The molecule has 3 heterocycles. The topological polar surface area (TPSA) is 137 Å². The van der Waals surface area contributed by atoms with Crippen molar-refractivity contribution in [3.05, 3.63) is 71.2 Å². The minimum Gasteiger partial charge on any atom is -0.593 e. The second-order valence-corrected chi connectivity index (χ2v) is 14.1. The second kappa shape index (κ2) is 14.8. The molecule has 11 nitrogen and oxygen atoms in total. The van der Waals surface area contributed by atoms with E-state index < -0.39 is 11.4 Å². The number of hydrogen-bond acceptors (Lipinski definition) is 10. The maximum atomic E-state index is 13.7. The number of anilines is 4. The first-order chi connectivity index (χ1) is 22.5. The number of benzene rings is 2. The van der Waals surface area contributed by atoms with Gasteiger partial charge < -0.3 is 29.6 Å². The molecule has 47 heavy (non-hydrogen) atoms. The molecule has 12 heteroatoms. The summed E-state index contributed by atoms with van der Waals surface area (Å²) in [5.41, 5.74) is 6.35. The minimum atomic E-state index is -1.33. The van der Waals surface area contributed by atoms with Gasteiger partial charge in [-0.05, 0) is 85.8 Å². The second-order valence-electron chi connectivity index (χ2n) is 13.0. The summed E-state index contributed by atoms with van der Waals surface area (Å²) < 4.78 is 25.9. The third kappa shape index (κ3) is 8.31. The minimum absolute atomic E-state index is 0.228. The summed E-state index contributed by atoms with van der Waals surface area (Å²) in [5.74, 6) is 1.03. The Balaban J connectivity index is 1.40. The molecule has 250 valence electrons. The quantitative estimate of drug-likeness (QED) is 0.161. The van der Waals surface area contributed by atoms with Gasteiger partial charge in [0.2, 0.25) is 0 Å². The molecule has 1 atom stereocenters. The van der Waals surface area contributed by atoms with Gasteiger partial charge in [0.1, 0.15) is 23.8 Å². The van der Waals surface area contributed by atoms with Crippen LogP contribution in [0.15, 0.2) is 48.8 Å². The first-order valence-electron chi connectivity index (χ1n) is 15.8. The van der Waals surface area contributed by atoms with Gasteiger partial charge >= 0.3 is 0 Å². The van der Waals surface area contributed by atoms with Gasteiger partial charge in [-0.15, -0.1) is 0 Å². The number of carbonyl (C=O) groups is 1. The molecule has 2 aromatic heterocycles. The van der Waals surface area contributed by atoms with Crippen LogP contribution in [0.1, 0.15) is 66.7 Å². The number of aromatic nitrogens is 3. The van der Waals surface area contributed by atoms with Gasteiger partial charge in [-0.2, -0.15) is 0 Å². The van der Waals surface area contributed by atoms with Gasteiger partial charge in [-0.3, -0.25) is 4.79 Å². The molecule has 1 unspecified atom stereocenters. The van der Waals surface area contributed by atoms with E-state index >= 15 is 0 Å². The van der Waals surface area contributed by atoms with Crippen LogP contribution in [0.5, 0.6) is 5.75 Å². The van der Waals surface area contributed by atoms with E-state index in [4.69, 9.17) is 14.5 Å². The molecule has 3 N–H and O–H groups in total. The number of rotatable bonds is 11. The number of carbonyl (C=O) groups excluding carboxylic acids is 1. The highest BCUT2D eigenvalue weighted by Crippen LogP contribution is 2.39. The lowest BCUT2D eigenvalue weighted by atomic mass is 9.86. The van der Waals surface area contributed by atoms with Gasteiger partial charge in [0.15, 0.2) is 11.6 Å². The lowest BCUT2D eigenvalue weighted by molar-refractivity contribution is 0.102. The van der Waals surface area contributed by atoms with Gasteiger partial charge in [0, 0.05) is 36.5 Å². The normalized spacial score (nSPS) is 15.0. The predicted octanol–water partition coefficient (Wildman–Crippen LogP) is 6.17. The fourth-order valence-corrected chi connectivity index (χ4v) is 6.23. The molecule has 0 spiro atoms. The average Bonchev–Trinajstić information content (AvgIpc) is 3.04. The summed E-state index contributed by atoms with van der Waals surface area (Å²) in [6, 6.07) is 13.4. The standard InChI is InChI=1S/C35H45N7O4S/c1-22-8-9-24(34(43)40-29-19-25(35(2,3)4)20-30(32(29)46-6)41-47(7)44)18-28(22)39-33-31-27(36-21-37-33)11-10-26(38-31)23-12-14-42(15-13-23)16-17-45-5/h8-11,18-21,23,41H,12-17H2,1-7H3,(H,40,43)(H,36,37,39). The number of pyridine rings is 1. The summed E-state index contributed by atoms with van der Waals surface area (Å²) in [5, 5.41) is 6.46. The molecular weight excluding hydrogens is 614 g/mol. The van der Waals surface area contributed by atoms with Crippen LogP contribution in [0.25, 0.3) is 11.0 Å². The average molecular weight is 660 g/mol. The van der Waals surface area contributed by atoms with E-state index in [0.717, 1.165) is 67.1 Å². The first kappa shape index (κ1) is 34.4. The van der Waals surface area contributed by atoms with Crippen LogP contribution in [0.3, 0.4) is 0 Å². The molecule has 0 aliphatic carbocycles. The molecule has 1 aliphatic heterocycles. The highest BCUT2D eigenvalue weighted by molar-refractivity contribution is 7.92. The van der Waals surface area contributed by atoms with Crippen LogP contribution in [-0.2, 0) is 21.5 Å². The van der Waals surface area contributed by atoms with Crippen molar-refractivity contribution in [3.63, 3.8) is 0 Å². The highest BCUT2D eigenvalue weighted by atomic mass is 32.2. The lowest BCUT2D eigenvalue weighted by Gasteiger charge is -2.31. The molecule has 0 bridgehead atoms. The number of methoxy groups -OCH3 is 2. The number of likely N-dealkylation sites (tertiary alicyclic amines) is 1. The molecule has 0 saturated carbocycles. The maximum absolute atomic E-state index is 13.7. The van der Waals surface area contributed by atoms with E-state index in [1.807, 2.05) is 31.2 Å². The van der Waals surface area contributed by atoms with E-state index in [0.29, 0.717) is 39.9 Å². The van der Waals surface area contributed by atoms with Crippen LogP contribution in [0, 0.1) is 6.92 Å². The molecular formula is C35H45N7O4S. The zero-order valence-electron chi connectivity index (χ0n) is 28.3. The number of piperidine rings is 1. The van der Waals surface area contributed by atoms with E-state index in [-0.39, 0.29) is 11.3 Å². The van der Waals surface area contributed by atoms with Crippen molar-refractivity contribution >= 4 is 51.2 Å². The third-order valence-corrected chi connectivity index (χ3v) is 9.04.